The molecule has 0 spiro atoms. The fraction of sp³-hybridized carbons (Fsp3) is 0.267. The van der Waals surface area contributed by atoms with Crippen molar-refractivity contribution in [3.8, 4) is 5.75 Å². The number of nitrogens with one attached hydrogen (secondary N) is 2. The number of rotatable bonds is 5. The third-order valence-electron chi connectivity index (χ3n) is 3.06. The average molecular weight is 338 g/mol. The number of benzene rings is 1. The van der Waals surface area contributed by atoms with Gasteiger partial charge in [0.1, 0.15) is 12.3 Å². The van der Waals surface area contributed by atoms with Crippen LogP contribution < -0.4 is 15.6 Å². The van der Waals surface area contributed by atoms with E-state index in [0.29, 0.717) is 0 Å². The Morgan fingerprint density at radius 3 is 2.58 bits per heavy atom. The van der Waals surface area contributed by atoms with E-state index in [1.807, 2.05) is 6.07 Å². The van der Waals surface area contributed by atoms with E-state index in [-0.39, 0.29) is 17.9 Å². The summed E-state index contributed by atoms with van der Waals surface area (Å²) in [5.41, 5.74) is 5.80. The number of halogens is 2. The normalized spacial score (nSPS) is 10.5. The van der Waals surface area contributed by atoms with Crippen molar-refractivity contribution in [3.63, 3.8) is 0 Å². The monoisotopic (exact) mass is 338 g/mol. The van der Waals surface area contributed by atoms with Crippen LogP contribution in [0.15, 0.2) is 30.3 Å². The molecule has 1 aromatic carbocycles. The molecule has 0 aliphatic heterocycles. The van der Waals surface area contributed by atoms with Crippen LogP contribution >= 0.6 is 0 Å². The molecule has 0 fully saturated rings. The zero-order valence-electron chi connectivity index (χ0n) is 13.0. The zero-order valence-corrected chi connectivity index (χ0v) is 13.0. The molecular formula is C15H16F2N4O3. The summed E-state index contributed by atoms with van der Waals surface area (Å²) in [6.07, 6.45) is 0. The Morgan fingerprint density at radius 2 is 1.96 bits per heavy atom. The summed E-state index contributed by atoms with van der Waals surface area (Å²) >= 11 is 0. The highest BCUT2D eigenvalue weighted by atomic mass is 19.3. The van der Waals surface area contributed by atoms with Crippen LogP contribution in [-0.4, -0.2) is 28.2 Å². The number of aryl methyl sites for hydroxylation is 2. The first-order chi connectivity index (χ1) is 11.4. The molecule has 0 saturated carbocycles. The van der Waals surface area contributed by atoms with Crippen molar-refractivity contribution in [1.29, 1.82) is 0 Å². The van der Waals surface area contributed by atoms with E-state index >= 15 is 0 Å². The molecule has 1 aromatic heterocycles. The third-order valence-corrected chi connectivity index (χ3v) is 3.06. The second kappa shape index (κ2) is 7.53. The van der Waals surface area contributed by atoms with Crippen molar-refractivity contribution < 1.29 is 23.1 Å². The molecule has 0 aliphatic carbocycles. The molecule has 2 rings (SSSR count). The first kappa shape index (κ1) is 17.4. The predicted octanol–water partition coefficient (Wildman–Crippen LogP) is 1.56. The second-order valence-electron chi connectivity index (χ2n) is 4.96. The van der Waals surface area contributed by atoms with Crippen molar-refractivity contribution in [2.75, 3.05) is 0 Å². The van der Waals surface area contributed by atoms with Gasteiger partial charge in [-0.15, -0.1) is 0 Å². The number of carbonyl (C=O) groups excluding carboxylic acids is 2. The smallest absolute Gasteiger partial charge is 0.387 e. The van der Waals surface area contributed by atoms with Crippen molar-refractivity contribution in [2.45, 2.75) is 27.0 Å². The summed E-state index contributed by atoms with van der Waals surface area (Å²) in [7, 11) is 0. The summed E-state index contributed by atoms with van der Waals surface area (Å²) in [4.78, 5) is 23.8. The van der Waals surface area contributed by atoms with Crippen molar-refractivity contribution in [3.05, 3.63) is 47.3 Å². The fourth-order valence-electron chi connectivity index (χ4n) is 2.06. The molecule has 24 heavy (non-hydrogen) atoms. The van der Waals surface area contributed by atoms with Crippen LogP contribution in [0, 0.1) is 13.8 Å². The number of hydrogen-bond acceptors (Lipinski definition) is 4. The van der Waals surface area contributed by atoms with Crippen LogP contribution in [0.1, 0.15) is 21.7 Å². The average Bonchev–Trinajstić information content (AvgIpc) is 2.82. The number of ether oxygens (including phenoxy) is 1. The molecule has 0 radical (unpaired) electrons. The SMILES string of the molecule is Cc1cc(C)n(CC(=O)NNC(=O)c2ccccc2OC(F)F)n1. The highest BCUT2D eigenvalue weighted by Gasteiger charge is 2.16. The topological polar surface area (TPSA) is 85.2 Å². The lowest BCUT2D eigenvalue weighted by Crippen LogP contribution is -2.43. The molecule has 128 valence electrons. The van der Waals surface area contributed by atoms with Gasteiger partial charge in [0.15, 0.2) is 0 Å². The molecule has 0 bridgehead atoms. The van der Waals surface area contributed by atoms with E-state index in [0.717, 1.165) is 11.4 Å². The van der Waals surface area contributed by atoms with E-state index < -0.39 is 18.4 Å². The minimum atomic E-state index is -3.06. The summed E-state index contributed by atoms with van der Waals surface area (Å²) < 4.78 is 30.4. The lowest BCUT2D eigenvalue weighted by Gasteiger charge is -2.11. The number of hydrazine groups is 1. The molecule has 9 heteroatoms. The van der Waals surface area contributed by atoms with Gasteiger partial charge in [0.05, 0.1) is 11.3 Å². The minimum Gasteiger partial charge on any atom is -0.434 e. The predicted molar refractivity (Wildman–Crippen MR) is 80.4 cm³/mol. The Hall–Kier alpha value is -2.97. The highest BCUT2D eigenvalue weighted by Crippen LogP contribution is 2.19. The Morgan fingerprint density at radius 1 is 1.25 bits per heavy atom. The Balaban J connectivity index is 1.95. The van der Waals surface area contributed by atoms with Gasteiger partial charge in [-0.05, 0) is 32.0 Å². The van der Waals surface area contributed by atoms with Crippen molar-refractivity contribution in [2.24, 2.45) is 0 Å². The van der Waals surface area contributed by atoms with E-state index in [1.54, 1.807) is 13.8 Å². The standard InChI is InChI=1S/C15H16F2N4O3/c1-9-7-10(2)21(20-9)8-13(22)18-19-14(23)11-5-3-4-6-12(11)24-15(16)17/h3-7,15H,8H2,1-2H3,(H,18,22)(H,19,23). The molecule has 7 nitrogen and oxygen atoms in total. The molecule has 2 aromatic rings. The number of para-hydroxylation sites is 1. The van der Waals surface area contributed by atoms with Crippen molar-refractivity contribution in [1.82, 2.24) is 20.6 Å². The van der Waals surface area contributed by atoms with Gasteiger partial charge in [-0.25, -0.2) is 0 Å². The van der Waals surface area contributed by atoms with Crippen LogP contribution in [0.3, 0.4) is 0 Å². The quantitative estimate of drug-likeness (QED) is 0.810. The van der Waals surface area contributed by atoms with E-state index in [2.05, 4.69) is 20.7 Å². The number of hydrogen-bond donors (Lipinski definition) is 2. The maximum Gasteiger partial charge on any atom is 0.387 e. The molecule has 0 aliphatic rings. The van der Waals surface area contributed by atoms with Gasteiger partial charge < -0.3 is 4.74 Å². The lowest BCUT2D eigenvalue weighted by molar-refractivity contribution is -0.122. The van der Waals surface area contributed by atoms with Crippen LogP contribution in [0.4, 0.5) is 8.78 Å². The summed E-state index contributed by atoms with van der Waals surface area (Å²) in [5.74, 6) is -1.56. The Bertz CT molecular complexity index is 746. The Kier molecular flexibility index (Phi) is 5.46. The minimum absolute atomic E-state index is 0.0882. The van der Waals surface area contributed by atoms with E-state index in [1.165, 1.54) is 28.9 Å². The fourth-order valence-corrected chi connectivity index (χ4v) is 2.06. The third kappa shape index (κ3) is 4.51. The number of nitrogens with zero attached hydrogens (tertiary/aromatic N) is 2. The van der Waals surface area contributed by atoms with Gasteiger partial charge in [0.2, 0.25) is 0 Å². The summed E-state index contributed by atoms with van der Waals surface area (Å²) in [6, 6.07) is 7.30. The molecule has 2 amide bonds. The van der Waals surface area contributed by atoms with Crippen LogP contribution in [0.5, 0.6) is 5.75 Å². The van der Waals surface area contributed by atoms with Gasteiger partial charge in [0.25, 0.3) is 11.8 Å². The van der Waals surface area contributed by atoms with Gasteiger partial charge in [-0.3, -0.25) is 25.1 Å². The summed E-state index contributed by atoms with van der Waals surface area (Å²) in [5, 5.41) is 4.12. The maximum atomic E-state index is 12.3. The number of carbonyl (C=O) groups is 2. The second-order valence-corrected chi connectivity index (χ2v) is 4.96. The number of alkyl halides is 2. The highest BCUT2D eigenvalue weighted by molar-refractivity contribution is 5.97. The van der Waals surface area contributed by atoms with Gasteiger partial charge in [0, 0.05) is 5.69 Å². The van der Waals surface area contributed by atoms with Crippen LogP contribution in [0.25, 0.3) is 0 Å². The van der Waals surface area contributed by atoms with E-state index in [4.69, 9.17) is 0 Å². The van der Waals surface area contributed by atoms with Gasteiger partial charge in [-0.2, -0.15) is 13.9 Å². The van der Waals surface area contributed by atoms with Gasteiger partial charge in [-0.1, -0.05) is 12.1 Å². The first-order valence-electron chi connectivity index (χ1n) is 7.01. The van der Waals surface area contributed by atoms with E-state index in [9.17, 15) is 18.4 Å². The number of amides is 2. The molecule has 2 N–H and O–H groups in total. The largest absolute Gasteiger partial charge is 0.434 e. The van der Waals surface area contributed by atoms with Gasteiger partial charge >= 0.3 is 6.61 Å². The number of aromatic nitrogens is 2. The molecule has 0 saturated heterocycles. The van der Waals surface area contributed by atoms with Crippen LogP contribution in [0.2, 0.25) is 0 Å². The Labute approximate surface area is 136 Å². The molecule has 0 atom stereocenters. The first-order valence-corrected chi connectivity index (χ1v) is 7.01. The molecule has 0 unspecified atom stereocenters. The van der Waals surface area contributed by atoms with Crippen molar-refractivity contribution >= 4 is 11.8 Å². The van der Waals surface area contributed by atoms with Crippen LogP contribution in [-0.2, 0) is 11.3 Å². The molecule has 1 heterocycles. The molecular weight excluding hydrogens is 322 g/mol. The summed E-state index contributed by atoms with van der Waals surface area (Å²) in [6.45, 7) is 0.446. The lowest BCUT2D eigenvalue weighted by atomic mass is 10.2. The maximum absolute atomic E-state index is 12.3. The zero-order chi connectivity index (χ0) is 17.7.